The molecule has 1 aromatic heterocycles. The maximum Gasteiger partial charge on any atom is 0.275 e. The van der Waals surface area contributed by atoms with Crippen molar-refractivity contribution in [2.45, 2.75) is 24.9 Å². The number of carbonyl (C=O) groups is 1. The third-order valence-electron chi connectivity index (χ3n) is 5.48. The Bertz CT molecular complexity index is 724. The van der Waals surface area contributed by atoms with Crippen LogP contribution in [0.4, 0.5) is 0 Å². The van der Waals surface area contributed by atoms with Crippen LogP contribution in [-0.2, 0) is 0 Å². The molecular weight excluding hydrogens is 264 g/mol. The van der Waals surface area contributed by atoms with Gasteiger partial charge in [-0.05, 0) is 24.8 Å². The van der Waals surface area contributed by atoms with E-state index in [2.05, 4.69) is 20.0 Å². The van der Waals surface area contributed by atoms with Gasteiger partial charge in [0.05, 0.1) is 5.52 Å². The molecule has 1 amide bonds. The molecule has 4 heterocycles. The number of hydrogen-bond donors (Lipinski definition) is 1. The molecule has 3 aliphatic rings. The Labute approximate surface area is 122 Å². The van der Waals surface area contributed by atoms with E-state index in [0.29, 0.717) is 23.7 Å². The van der Waals surface area contributed by atoms with E-state index < -0.39 is 0 Å². The lowest BCUT2D eigenvalue weighted by Crippen LogP contribution is -2.44. The monoisotopic (exact) mass is 282 g/mol. The number of likely N-dealkylation sites (tertiary alicyclic amines) is 1. The summed E-state index contributed by atoms with van der Waals surface area (Å²) < 4.78 is 0. The van der Waals surface area contributed by atoms with Crippen LogP contribution in [0, 0.1) is 5.92 Å². The van der Waals surface area contributed by atoms with E-state index in [1.165, 1.54) is 13.0 Å². The number of H-pyrrole nitrogens is 1. The van der Waals surface area contributed by atoms with E-state index in [0.717, 1.165) is 30.4 Å². The van der Waals surface area contributed by atoms with E-state index in [-0.39, 0.29) is 5.91 Å². The molecule has 3 fully saturated rings. The number of amides is 1. The standard InChI is InChI=1S/C16H18N4O/c21-16(15-12-3-1-2-4-13(12)17-18-15)20-11-7-10-8-19(9-11)6-5-14(10)20/h1-4,10-11,14H,5-9H2,(H,17,18)/t10-,11+,14+/m1/s1. The van der Waals surface area contributed by atoms with Crippen LogP contribution in [0.5, 0.6) is 0 Å². The number of piperidine rings is 2. The number of benzene rings is 1. The molecule has 0 saturated carbocycles. The molecule has 3 aliphatic heterocycles. The lowest BCUT2D eigenvalue weighted by Gasteiger charge is -2.35. The van der Waals surface area contributed by atoms with Gasteiger partial charge in [-0.15, -0.1) is 0 Å². The number of aromatic nitrogens is 2. The summed E-state index contributed by atoms with van der Waals surface area (Å²) in [5.41, 5.74) is 1.53. The zero-order valence-corrected chi connectivity index (χ0v) is 11.8. The van der Waals surface area contributed by atoms with Gasteiger partial charge in [0.15, 0.2) is 5.69 Å². The van der Waals surface area contributed by atoms with E-state index in [1.807, 2.05) is 24.3 Å². The van der Waals surface area contributed by atoms with Crippen LogP contribution in [-0.4, -0.2) is 57.6 Å². The van der Waals surface area contributed by atoms with E-state index >= 15 is 0 Å². The van der Waals surface area contributed by atoms with Crippen LogP contribution in [0.2, 0.25) is 0 Å². The molecule has 5 rings (SSSR count). The summed E-state index contributed by atoms with van der Waals surface area (Å²) in [6, 6.07) is 8.70. The Morgan fingerprint density at radius 2 is 2.19 bits per heavy atom. The minimum Gasteiger partial charge on any atom is -0.330 e. The van der Waals surface area contributed by atoms with Gasteiger partial charge in [0, 0.05) is 37.1 Å². The molecule has 0 aliphatic carbocycles. The predicted molar refractivity (Wildman–Crippen MR) is 79.0 cm³/mol. The van der Waals surface area contributed by atoms with Crippen molar-refractivity contribution in [1.29, 1.82) is 0 Å². The third-order valence-corrected chi connectivity index (χ3v) is 5.48. The van der Waals surface area contributed by atoms with Gasteiger partial charge in [0.1, 0.15) is 0 Å². The second-order valence-corrected chi connectivity index (χ2v) is 6.60. The van der Waals surface area contributed by atoms with Crippen molar-refractivity contribution in [3.8, 4) is 0 Å². The predicted octanol–water partition coefficient (Wildman–Crippen LogP) is 1.48. The number of nitrogens with one attached hydrogen (secondary N) is 1. The van der Waals surface area contributed by atoms with Gasteiger partial charge in [0.2, 0.25) is 0 Å². The lowest BCUT2D eigenvalue weighted by atomic mass is 9.89. The van der Waals surface area contributed by atoms with Crippen LogP contribution >= 0.6 is 0 Å². The van der Waals surface area contributed by atoms with Crippen molar-refractivity contribution < 1.29 is 4.79 Å². The van der Waals surface area contributed by atoms with Crippen molar-refractivity contribution in [3.63, 3.8) is 0 Å². The molecule has 0 radical (unpaired) electrons. The topological polar surface area (TPSA) is 52.2 Å². The molecule has 21 heavy (non-hydrogen) atoms. The van der Waals surface area contributed by atoms with Crippen LogP contribution < -0.4 is 0 Å². The summed E-state index contributed by atoms with van der Waals surface area (Å²) >= 11 is 0. The van der Waals surface area contributed by atoms with Gasteiger partial charge in [-0.2, -0.15) is 5.10 Å². The van der Waals surface area contributed by atoms with E-state index in [9.17, 15) is 4.79 Å². The highest BCUT2D eigenvalue weighted by Gasteiger charge is 2.50. The fourth-order valence-electron chi connectivity index (χ4n) is 4.62. The van der Waals surface area contributed by atoms with Crippen molar-refractivity contribution in [2.24, 2.45) is 5.92 Å². The highest BCUT2D eigenvalue weighted by Crippen LogP contribution is 2.41. The van der Waals surface area contributed by atoms with Gasteiger partial charge in [-0.3, -0.25) is 9.89 Å². The molecule has 1 aromatic carbocycles. The number of aromatic amines is 1. The quantitative estimate of drug-likeness (QED) is 0.862. The van der Waals surface area contributed by atoms with Crippen LogP contribution in [0.25, 0.3) is 10.9 Å². The molecule has 5 nitrogen and oxygen atoms in total. The molecule has 1 unspecified atom stereocenters. The Hall–Kier alpha value is -1.88. The first-order chi connectivity index (χ1) is 10.3. The Kier molecular flexibility index (Phi) is 2.28. The fourth-order valence-corrected chi connectivity index (χ4v) is 4.62. The van der Waals surface area contributed by atoms with Gasteiger partial charge in [0.25, 0.3) is 5.91 Å². The van der Waals surface area contributed by atoms with Crippen molar-refractivity contribution in [1.82, 2.24) is 20.0 Å². The van der Waals surface area contributed by atoms with Gasteiger partial charge in [-0.1, -0.05) is 18.2 Å². The summed E-state index contributed by atoms with van der Waals surface area (Å²) in [4.78, 5) is 17.7. The molecule has 1 N–H and O–H groups in total. The number of carbonyl (C=O) groups excluding carboxylic acids is 1. The third kappa shape index (κ3) is 1.55. The minimum atomic E-state index is 0.119. The molecular formula is C16H18N4O. The summed E-state index contributed by atoms with van der Waals surface area (Å²) in [5, 5.41) is 8.24. The van der Waals surface area contributed by atoms with Crippen LogP contribution in [0.3, 0.4) is 0 Å². The summed E-state index contributed by atoms with van der Waals surface area (Å²) in [6.45, 7) is 3.36. The fraction of sp³-hybridized carbons (Fsp3) is 0.500. The second kappa shape index (κ2) is 4.07. The molecule has 108 valence electrons. The molecule has 3 bridgehead atoms. The van der Waals surface area contributed by atoms with E-state index in [4.69, 9.17) is 0 Å². The first kappa shape index (κ1) is 11.7. The number of hydrogen-bond acceptors (Lipinski definition) is 3. The van der Waals surface area contributed by atoms with Crippen molar-refractivity contribution in [2.75, 3.05) is 19.6 Å². The zero-order valence-electron chi connectivity index (χ0n) is 11.8. The first-order valence-electron chi connectivity index (χ1n) is 7.79. The van der Waals surface area contributed by atoms with E-state index in [1.54, 1.807) is 0 Å². The number of fused-ring (bicyclic) bond motifs is 3. The normalized spacial score (nSPS) is 33.8. The SMILES string of the molecule is O=C(c1n[nH]c2ccccc12)N1[C@H]2C[C@@H]3CN(CC[C@@H]31)C2. The maximum absolute atomic E-state index is 13.1. The Balaban J connectivity index is 1.57. The largest absolute Gasteiger partial charge is 0.330 e. The number of nitrogens with zero attached hydrogens (tertiary/aromatic N) is 3. The van der Waals surface area contributed by atoms with Gasteiger partial charge in [-0.25, -0.2) is 0 Å². The molecule has 4 atom stereocenters. The van der Waals surface area contributed by atoms with Crippen LogP contribution in [0.1, 0.15) is 23.3 Å². The Morgan fingerprint density at radius 3 is 3.14 bits per heavy atom. The second-order valence-electron chi connectivity index (χ2n) is 6.60. The number of para-hydroxylation sites is 1. The molecule has 5 heteroatoms. The average molecular weight is 282 g/mol. The highest BCUT2D eigenvalue weighted by atomic mass is 16.2. The van der Waals surface area contributed by atoms with Gasteiger partial charge >= 0.3 is 0 Å². The summed E-state index contributed by atoms with van der Waals surface area (Å²) in [5.74, 6) is 0.792. The molecule has 0 spiro atoms. The summed E-state index contributed by atoms with van der Waals surface area (Å²) in [7, 11) is 0. The van der Waals surface area contributed by atoms with Crippen molar-refractivity contribution in [3.05, 3.63) is 30.0 Å². The maximum atomic E-state index is 13.1. The first-order valence-corrected chi connectivity index (χ1v) is 7.79. The zero-order chi connectivity index (χ0) is 14.0. The highest BCUT2D eigenvalue weighted by molar-refractivity contribution is 6.05. The molecule has 3 saturated heterocycles. The van der Waals surface area contributed by atoms with Crippen molar-refractivity contribution >= 4 is 16.8 Å². The summed E-state index contributed by atoms with van der Waals surface area (Å²) in [6.07, 6.45) is 2.30. The smallest absolute Gasteiger partial charge is 0.275 e. The Morgan fingerprint density at radius 1 is 1.29 bits per heavy atom. The van der Waals surface area contributed by atoms with Crippen LogP contribution in [0.15, 0.2) is 24.3 Å². The lowest BCUT2D eigenvalue weighted by molar-refractivity contribution is 0.0668. The number of rotatable bonds is 1. The minimum absolute atomic E-state index is 0.119. The average Bonchev–Trinajstić information content (AvgIpc) is 2.99. The van der Waals surface area contributed by atoms with Gasteiger partial charge < -0.3 is 9.80 Å². The molecule has 2 aromatic rings.